The molecule has 1 aliphatic rings. The minimum Gasteiger partial charge on any atom is -0.276 e. The van der Waals surface area contributed by atoms with Crippen molar-refractivity contribution < 1.29 is 12.8 Å². The number of aryl methyl sites for hydroxylation is 1. The van der Waals surface area contributed by atoms with Crippen LogP contribution in [0.2, 0.25) is 0 Å². The van der Waals surface area contributed by atoms with Gasteiger partial charge in [0.2, 0.25) is 0 Å². The van der Waals surface area contributed by atoms with Crippen molar-refractivity contribution in [3.63, 3.8) is 0 Å². The van der Waals surface area contributed by atoms with E-state index in [0.29, 0.717) is 29.1 Å². The van der Waals surface area contributed by atoms with Gasteiger partial charge in [-0.1, -0.05) is 36.4 Å². The zero-order valence-corrected chi connectivity index (χ0v) is 15.5. The summed E-state index contributed by atoms with van der Waals surface area (Å²) in [4.78, 5) is 0.333. The number of hydrogen-bond acceptors (Lipinski definition) is 3. The number of para-hydroxylation sites is 1. The first-order valence-electron chi connectivity index (χ1n) is 8.56. The molecule has 1 heterocycles. The number of sulfonamides is 1. The Kier molecular flexibility index (Phi) is 4.31. The fraction of sp³-hybridized carbons (Fsp3) is 0.150. The second-order valence-corrected chi connectivity index (χ2v) is 8.16. The molecule has 138 valence electrons. The lowest BCUT2D eigenvalue weighted by Gasteiger charge is -2.17. The summed E-state index contributed by atoms with van der Waals surface area (Å²) in [5.41, 5.74) is 3.17. The molecule has 0 fully saturated rings. The molecule has 0 saturated heterocycles. The molecule has 0 bridgehead atoms. The molecule has 0 aliphatic heterocycles. The van der Waals surface area contributed by atoms with Crippen molar-refractivity contribution in [2.45, 2.75) is 19.8 Å². The Balaban J connectivity index is 1.65. The van der Waals surface area contributed by atoms with E-state index in [-0.39, 0.29) is 5.69 Å². The van der Waals surface area contributed by atoms with Gasteiger partial charge in [0.05, 0.1) is 22.5 Å². The van der Waals surface area contributed by atoms with Gasteiger partial charge in [0.1, 0.15) is 11.5 Å². The fourth-order valence-electron chi connectivity index (χ4n) is 3.20. The first-order chi connectivity index (χ1) is 13.0. The number of nitrogens with zero attached hydrogens (tertiary/aromatic N) is 2. The highest BCUT2D eigenvalue weighted by Crippen LogP contribution is 2.29. The van der Waals surface area contributed by atoms with E-state index in [2.05, 4.69) is 9.82 Å². The van der Waals surface area contributed by atoms with Crippen LogP contribution in [0.1, 0.15) is 23.2 Å². The molecule has 1 aliphatic carbocycles. The molecule has 0 unspecified atom stereocenters. The standard InChI is InChI=1S/C20H18FN3O2S/c1-14-19(13-22-24(14)20-9-5-4-8-18(20)21)23-27(25,26)17-11-10-15-6-2-3-7-16(15)12-17/h2-9,12-13,23H,10-11H2,1H3. The van der Waals surface area contributed by atoms with Crippen LogP contribution in [-0.4, -0.2) is 18.2 Å². The van der Waals surface area contributed by atoms with Crippen LogP contribution in [0, 0.1) is 12.7 Å². The molecule has 0 radical (unpaired) electrons. The molecule has 0 saturated carbocycles. The van der Waals surface area contributed by atoms with E-state index in [1.807, 2.05) is 24.3 Å². The minimum atomic E-state index is -3.72. The van der Waals surface area contributed by atoms with E-state index >= 15 is 0 Å². The van der Waals surface area contributed by atoms with Gasteiger partial charge in [0.25, 0.3) is 10.0 Å². The van der Waals surface area contributed by atoms with Gasteiger partial charge < -0.3 is 0 Å². The summed E-state index contributed by atoms with van der Waals surface area (Å²) in [5, 5.41) is 4.14. The Labute approximate surface area is 157 Å². The van der Waals surface area contributed by atoms with E-state index in [4.69, 9.17) is 0 Å². The van der Waals surface area contributed by atoms with Gasteiger partial charge >= 0.3 is 0 Å². The highest BCUT2D eigenvalue weighted by Gasteiger charge is 2.23. The van der Waals surface area contributed by atoms with Crippen molar-refractivity contribution >= 4 is 21.8 Å². The summed E-state index contributed by atoms with van der Waals surface area (Å²) in [5.74, 6) is -0.426. The molecule has 5 nitrogen and oxygen atoms in total. The summed E-state index contributed by atoms with van der Waals surface area (Å²) in [6, 6.07) is 14.0. The third-order valence-electron chi connectivity index (χ3n) is 4.69. The van der Waals surface area contributed by atoms with Gasteiger partial charge in [-0.05, 0) is 49.1 Å². The fourth-order valence-corrected chi connectivity index (χ4v) is 4.48. The van der Waals surface area contributed by atoms with Gasteiger partial charge in [-0.3, -0.25) is 4.72 Å². The van der Waals surface area contributed by atoms with E-state index in [1.165, 1.54) is 16.9 Å². The molecule has 0 atom stereocenters. The Morgan fingerprint density at radius 1 is 1.07 bits per heavy atom. The number of allylic oxidation sites excluding steroid dienone is 1. The molecule has 1 aromatic heterocycles. The molecule has 0 amide bonds. The maximum atomic E-state index is 14.0. The van der Waals surface area contributed by atoms with Crippen molar-refractivity contribution in [1.29, 1.82) is 0 Å². The summed E-state index contributed by atoms with van der Waals surface area (Å²) in [7, 11) is -3.72. The topological polar surface area (TPSA) is 64.0 Å². The monoisotopic (exact) mass is 383 g/mol. The van der Waals surface area contributed by atoms with Gasteiger partial charge in [-0.15, -0.1) is 0 Å². The average molecular weight is 383 g/mol. The highest BCUT2D eigenvalue weighted by molar-refractivity contribution is 7.96. The van der Waals surface area contributed by atoms with Crippen LogP contribution in [0.3, 0.4) is 0 Å². The first-order valence-corrected chi connectivity index (χ1v) is 10.0. The van der Waals surface area contributed by atoms with Crippen LogP contribution >= 0.6 is 0 Å². The molecule has 27 heavy (non-hydrogen) atoms. The van der Waals surface area contributed by atoms with Crippen LogP contribution in [0.5, 0.6) is 0 Å². The van der Waals surface area contributed by atoms with Gasteiger partial charge in [0.15, 0.2) is 0 Å². The van der Waals surface area contributed by atoms with E-state index < -0.39 is 15.8 Å². The number of benzene rings is 2. The average Bonchev–Trinajstić information content (AvgIpc) is 3.01. The third-order valence-corrected chi connectivity index (χ3v) is 6.19. The quantitative estimate of drug-likeness (QED) is 0.739. The van der Waals surface area contributed by atoms with Crippen LogP contribution in [0.25, 0.3) is 11.8 Å². The van der Waals surface area contributed by atoms with Crippen LogP contribution in [0.15, 0.2) is 59.6 Å². The molecule has 7 heteroatoms. The number of hydrogen-bond donors (Lipinski definition) is 1. The molecular formula is C20H18FN3O2S. The summed E-state index contributed by atoms with van der Waals surface area (Å²) >= 11 is 0. The number of nitrogens with one attached hydrogen (secondary N) is 1. The zero-order valence-electron chi connectivity index (χ0n) is 14.7. The van der Waals surface area contributed by atoms with E-state index in [1.54, 1.807) is 31.2 Å². The van der Waals surface area contributed by atoms with Crippen LogP contribution in [0.4, 0.5) is 10.1 Å². The van der Waals surface area contributed by atoms with Crippen molar-refractivity contribution in [2.75, 3.05) is 4.72 Å². The lowest BCUT2D eigenvalue weighted by Crippen LogP contribution is -2.18. The van der Waals surface area contributed by atoms with Crippen molar-refractivity contribution in [3.05, 3.63) is 82.3 Å². The van der Waals surface area contributed by atoms with Crippen LogP contribution in [-0.2, 0) is 16.4 Å². The lowest BCUT2D eigenvalue weighted by atomic mass is 9.98. The molecule has 0 spiro atoms. The first kappa shape index (κ1) is 17.5. The summed E-state index contributed by atoms with van der Waals surface area (Å²) in [6.45, 7) is 1.70. The number of halogens is 1. The summed E-state index contributed by atoms with van der Waals surface area (Å²) in [6.07, 6.45) is 4.22. The summed E-state index contributed by atoms with van der Waals surface area (Å²) < 4.78 is 43.7. The Morgan fingerprint density at radius 2 is 1.81 bits per heavy atom. The zero-order chi connectivity index (χ0) is 19.0. The Hall–Kier alpha value is -2.93. The minimum absolute atomic E-state index is 0.270. The van der Waals surface area contributed by atoms with Gasteiger partial charge in [0, 0.05) is 0 Å². The van der Waals surface area contributed by atoms with Crippen LogP contribution < -0.4 is 4.72 Å². The van der Waals surface area contributed by atoms with Gasteiger partial charge in [-0.25, -0.2) is 17.5 Å². The van der Waals surface area contributed by atoms with Crippen molar-refractivity contribution in [3.8, 4) is 5.69 Å². The predicted molar refractivity (Wildman–Crippen MR) is 104 cm³/mol. The molecule has 1 N–H and O–H groups in total. The normalized spacial score (nSPS) is 13.8. The van der Waals surface area contributed by atoms with Crippen molar-refractivity contribution in [2.24, 2.45) is 0 Å². The SMILES string of the molecule is Cc1c(NS(=O)(=O)C2=Cc3ccccc3CC2)cnn1-c1ccccc1F. The second kappa shape index (κ2) is 6.66. The molecule has 4 rings (SSSR count). The van der Waals surface area contributed by atoms with E-state index in [0.717, 1.165) is 11.1 Å². The number of anilines is 1. The maximum absolute atomic E-state index is 14.0. The molecule has 3 aromatic rings. The van der Waals surface area contributed by atoms with Gasteiger partial charge in [-0.2, -0.15) is 5.10 Å². The Morgan fingerprint density at radius 3 is 2.63 bits per heavy atom. The number of aromatic nitrogens is 2. The molecule has 2 aromatic carbocycles. The second-order valence-electron chi connectivity index (χ2n) is 6.42. The highest BCUT2D eigenvalue weighted by atomic mass is 32.2. The largest absolute Gasteiger partial charge is 0.276 e. The third kappa shape index (κ3) is 3.26. The smallest absolute Gasteiger partial charge is 0.258 e. The number of rotatable bonds is 4. The molecular weight excluding hydrogens is 365 g/mol. The maximum Gasteiger partial charge on any atom is 0.258 e. The number of fused-ring (bicyclic) bond motifs is 1. The lowest BCUT2D eigenvalue weighted by molar-refractivity contribution is 0.605. The van der Waals surface area contributed by atoms with E-state index in [9.17, 15) is 12.8 Å². The predicted octanol–water partition coefficient (Wildman–Crippen LogP) is 4.05. The Bertz CT molecular complexity index is 1150. The van der Waals surface area contributed by atoms with Crippen molar-refractivity contribution in [1.82, 2.24) is 9.78 Å².